The van der Waals surface area contributed by atoms with Crippen molar-refractivity contribution in [3.05, 3.63) is 21.6 Å². The van der Waals surface area contributed by atoms with Gasteiger partial charge in [0.25, 0.3) is 0 Å². The fourth-order valence-corrected chi connectivity index (χ4v) is 5.03. The van der Waals surface area contributed by atoms with Crippen molar-refractivity contribution >= 4 is 28.6 Å². The Hall–Kier alpha value is -1.35. The lowest BCUT2D eigenvalue weighted by Crippen LogP contribution is -2.55. The number of hydrogen-bond donors (Lipinski definition) is 2. The zero-order chi connectivity index (χ0) is 18.2. The third-order valence-corrected chi connectivity index (χ3v) is 6.50. The van der Waals surface area contributed by atoms with E-state index < -0.39 is 6.04 Å². The SMILES string of the molecule is Cc1ncsc1-c1csc(C2CCCN2C(=O)C(NN)C(C)(C)C)n1. The minimum absolute atomic E-state index is 0.0395. The molecule has 0 saturated carbocycles. The van der Waals surface area contributed by atoms with Crippen LogP contribution in [0.3, 0.4) is 0 Å². The second-order valence-electron chi connectivity index (χ2n) is 7.49. The summed E-state index contributed by atoms with van der Waals surface area (Å²) >= 11 is 3.23. The van der Waals surface area contributed by atoms with Crippen LogP contribution >= 0.6 is 22.7 Å². The van der Waals surface area contributed by atoms with Gasteiger partial charge in [0.1, 0.15) is 11.0 Å². The quantitative estimate of drug-likeness (QED) is 0.630. The molecule has 1 aliphatic heterocycles. The van der Waals surface area contributed by atoms with Gasteiger partial charge in [0.15, 0.2) is 0 Å². The van der Waals surface area contributed by atoms with E-state index >= 15 is 0 Å². The molecule has 0 aromatic carbocycles. The normalized spacial score (nSPS) is 19.4. The van der Waals surface area contributed by atoms with Crippen LogP contribution in [0.15, 0.2) is 10.9 Å². The monoisotopic (exact) mass is 379 g/mol. The molecule has 6 nitrogen and oxygen atoms in total. The molecule has 0 radical (unpaired) electrons. The van der Waals surface area contributed by atoms with E-state index in [4.69, 9.17) is 10.8 Å². The van der Waals surface area contributed by atoms with Gasteiger partial charge in [-0.25, -0.2) is 15.4 Å². The van der Waals surface area contributed by atoms with Gasteiger partial charge in [-0.3, -0.25) is 10.6 Å². The van der Waals surface area contributed by atoms with Crippen LogP contribution in [0.25, 0.3) is 10.6 Å². The van der Waals surface area contributed by atoms with Crippen LogP contribution < -0.4 is 11.3 Å². The molecule has 3 N–H and O–H groups in total. The predicted molar refractivity (Wildman–Crippen MR) is 102 cm³/mol. The number of thiazole rings is 2. The highest BCUT2D eigenvalue weighted by Crippen LogP contribution is 2.38. The van der Waals surface area contributed by atoms with E-state index in [0.29, 0.717) is 0 Å². The van der Waals surface area contributed by atoms with Crippen LogP contribution in [0, 0.1) is 12.3 Å². The lowest BCUT2D eigenvalue weighted by atomic mass is 9.86. The van der Waals surface area contributed by atoms with Gasteiger partial charge >= 0.3 is 0 Å². The summed E-state index contributed by atoms with van der Waals surface area (Å²) in [5.41, 5.74) is 6.27. The fourth-order valence-electron chi connectivity index (χ4n) is 3.24. The Morgan fingerprint density at radius 1 is 1.44 bits per heavy atom. The number of hydrogen-bond acceptors (Lipinski definition) is 7. The highest BCUT2D eigenvalue weighted by molar-refractivity contribution is 7.14. The summed E-state index contributed by atoms with van der Waals surface area (Å²) in [6.07, 6.45) is 1.94. The summed E-state index contributed by atoms with van der Waals surface area (Å²) in [5.74, 6) is 5.74. The summed E-state index contributed by atoms with van der Waals surface area (Å²) in [4.78, 5) is 25.2. The minimum Gasteiger partial charge on any atom is -0.332 e. The Bertz CT molecular complexity index is 748. The molecule has 1 saturated heterocycles. The number of carbonyl (C=O) groups is 1. The molecule has 2 unspecified atom stereocenters. The summed E-state index contributed by atoms with van der Waals surface area (Å²) in [7, 11) is 0. The largest absolute Gasteiger partial charge is 0.332 e. The van der Waals surface area contributed by atoms with Crippen LogP contribution in [0.4, 0.5) is 0 Å². The fraction of sp³-hybridized carbons (Fsp3) is 0.588. The molecule has 25 heavy (non-hydrogen) atoms. The minimum atomic E-state index is -0.406. The van der Waals surface area contributed by atoms with Crippen molar-refractivity contribution in [1.82, 2.24) is 20.3 Å². The molecular weight excluding hydrogens is 354 g/mol. The Morgan fingerprint density at radius 3 is 2.80 bits per heavy atom. The van der Waals surface area contributed by atoms with Gasteiger partial charge in [-0.05, 0) is 25.2 Å². The van der Waals surface area contributed by atoms with Crippen molar-refractivity contribution in [1.29, 1.82) is 0 Å². The first-order valence-electron chi connectivity index (χ1n) is 8.45. The second kappa shape index (κ2) is 7.11. The van der Waals surface area contributed by atoms with Crippen LogP contribution in [0.1, 0.15) is 50.4 Å². The van der Waals surface area contributed by atoms with Crippen molar-refractivity contribution in [2.75, 3.05) is 6.54 Å². The molecule has 136 valence electrons. The molecule has 0 aliphatic carbocycles. The van der Waals surface area contributed by atoms with Gasteiger partial charge in [0.2, 0.25) is 5.91 Å². The van der Waals surface area contributed by atoms with E-state index in [9.17, 15) is 4.79 Å². The Morgan fingerprint density at radius 2 is 2.20 bits per heavy atom. The standard InChI is InChI=1S/C17H25N5OS2/c1-10-13(25-9-19-10)11-8-24-15(20-11)12-6-5-7-22(12)16(23)14(21-18)17(2,3)4/h8-9,12,14,21H,5-7,18H2,1-4H3. The molecular formula is C17H25N5OS2. The average molecular weight is 380 g/mol. The molecule has 1 aliphatic rings. The predicted octanol–water partition coefficient (Wildman–Crippen LogP) is 3.12. The van der Waals surface area contributed by atoms with Crippen LogP contribution in [-0.2, 0) is 4.79 Å². The lowest BCUT2D eigenvalue weighted by molar-refractivity contribution is -0.137. The first-order chi connectivity index (χ1) is 11.8. The molecule has 2 aromatic rings. The number of aryl methyl sites for hydroxylation is 1. The van der Waals surface area contributed by atoms with Crippen molar-refractivity contribution in [2.45, 2.75) is 52.6 Å². The Balaban J connectivity index is 1.84. The Kier molecular flexibility index (Phi) is 5.24. The van der Waals surface area contributed by atoms with E-state index in [2.05, 4.69) is 15.8 Å². The van der Waals surface area contributed by atoms with Gasteiger partial charge in [0, 0.05) is 11.9 Å². The van der Waals surface area contributed by atoms with Crippen LogP contribution in [0.5, 0.6) is 0 Å². The van der Waals surface area contributed by atoms with Crippen molar-refractivity contribution in [2.24, 2.45) is 11.3 Å². The topological polar surface area (TPSA) is 84.1 Å². The van der Waals surface area contributed by atoms with Gasteiger partial charge in [-0.2, -0.15) is 0 Å². The average Bonchev–Trinajstić information content (AvgIpc) is 3.25. The lowest BCUT2D eigenvalue weighted by Gasteiger charge is -2.34. The smallest absolute Gasteiger partial charge is 0.242 e. The number of amides is 1. The van der Waals surface area contributed by atoms with E-state index in [1.807, 2.05) is 38.1 Å². The molecule has 0 bridgehead atoms. The van der Waals surface area contributed by atoms with E-state index in [0.717, 1.165) is 40.7 Å². The van der Waals surface area contributed by atoms with E-state index in [1.54, 1.807) is 22.7 Å². The van der Waals surface area contributed by atoms with Crippen molar-refractivity contribution in [3.63, 3.8) is 0 Å². The molecule has 8 heteroatoms. The van der Waals surface area contributed by atoms with Crippen LogP contribution in [-0.4, -0.2) is 33.4 Å². The molecule has 3 heterocycles. The number of hydrazine groups is 1. The maximum Gasteiger partial charge on any atom is 0.242 e. The maximum absolute atomic E-state index is 13.0. The molecule has 2 atom stereocenters. The number of nitrogens with two attached hydrogens (primary N) is 1. The van der Waals surface area contributed by atoms with Crippen molar-refractivity contribution < 1.29 is 4.79 Å². The molecule has 3 rings (SSSR count). The van der Waals surface area contributed by atoms with Gasteiger partial charge in [0.05, 0.1) is 27.8 Å². The Labute approximate surface area is 156 Å². The zero-order valence-electron chi connectivity index (χ0n) is 15.1. The summed E-state index contributed by atoms with van der Waals surface area (Å²) in [6, 6.07) is -0.367. The van der Waals surface area contributed by atoms with Crippen LogP contribution in [0.2, 0.25) is 0 Å². The molecule has 0 spiro atoms. The number of carbonyl (C=O) groups excluding carboxylic acids is 1. The molecule has 2 aromatic heterocycles. The van der Waals surface area contributed by atoms with Crippen molar-refractivity contribution in [3.8, 4) is 10.6 Å². The summed E-state index contributed by atoms with van der Waals surface area (Å²) in [5, 5.41) is 3.07. The van der Waals surface area contributed by atoms with Gasteiger partial charge in [-0.15, -0.1) is 22.7 Å². The number of likely N-dealkylation sites (tertiary alicyclic amines) is 1. The van der Waals surface area contributed by atoms with Gasteiger partial charge in [-0.1, -0.05) is 20.8 Å². The first kappa shape index (κ1) is 18.4. The summed E-state index contributed by atoms with van der Waals surface area (Å²) in [6.45, 7) is 8.82. The number of aromatic nitrogens is 2. The third kappa shape index (κ3) is 3.62. The highest BCUT2D eigenvalue weighted by Gasteiger charge is 2.39. The molecule has 1 fully saturated rings. The summed E-state index contributed by atoms with van der Waals surface area (Å²) < 4.78 is 0. The maximum atomic E-state index is 13.0. The van der Waals surface area contributed by atoms with E-state index in [1.165, 1.54) is 0 Å². The highest BCUT2D eigenvalue weighted by atomic mass is 32.1. The zero-order valence-corrected chi connectivity index (χ0v) is 16.7. The third-order valence-electron chi connectivity index (χ3n) is 4.60. The number of rotatable bonds is 4. The number of nitrogens with one attached hydrogen (secondary N) is 1. The van der Waals surface area contributed by atoms with E-state index in [-0.39, 0.29) is 17.4 Å². The molecule has 1 amide bonds. The van der Waals surface area contributed by atoms with Gasteiger partial charge < -0.3 is 4.90 Å². The number of nitrogens with zero attached hydrogens (tertiary/aromatic N) is 3. The second-order valence-corrected chi connectivity index (χ2v) is 9.24. The first-order valence-corrected chi connectivity index (χ1v) is 10.2.